The van der Waals surface area contributed by atoms with E-state index in [0.717, 1.165) is 5.06 Å². The number of nitrogens with one attached hydrogen (secondary N) is 1. The molecule has 1 aliphatic rings. The molecule has 0 aliphatic carbocycles. The van der Waals surface area contributed by atoms with Crippen LogP contribution < -0.4 is 5.32 Å². The van der Waals surface area contributed by atoms with E-state index < -0.39 is 46.7 Å². The maximum absolute atomic E-state index is 12.3. The summed E-state index contributed by atoms with van der Waals surface area (Å²) in [7, 11) is 0. The number of nitro groups is 1. The van der Waals surface area contributed by atoms with Gasteiger partial charge in [0.15, 0.2) is 6.10 Å². The molecule has 0 saturated carbocycles. The monoisotopic (exact) mass is 409 g/mol. The predicted octanol–water partition coefficient (Wildman–Crippen LogP) is 1.65. The molecule has 0 aromatic heterocycles. The maximum Gasteiger partial charge on any atom is 0.408 e. The van der Waals surface area contributed by atoms with Gasteiger partial charge in [0.05, 0.1) is 11.0 Å². The number of non-ortho nitro benzene ring substituents is 1. The SMILES string of the molecule is C[C@H]1[C@H](NC(=O)OC(C)(C)C)C(=O)N1OC(Cc1ccc([N+](=O)[O-])cc1)C(=O)O. The molecule has 29 heavy (non-hydrogen) atoms. The molecular weight excluding hydrogens is 386 g/mol. The molecule has 1 heterocycles. The molecule has 11 nitrogen and oxygen atoms in total. The van der Waals surface area contributed by atoms with E-state index >= 15 is 0 Å². The fourth-order valence-electron chi connectivity index (χ4n) is 2.64. The number of amides is 2. The molecule has 1 saturated heterocycles. The number of β-lactam (4-membered cyclic amide) rings is 1. The zero-order valence-electron chi connectivity index (χ0n) is 16.4. The van der Waals surface area contributed by atoms with Crippen LogP contribution in [-0.2, 0) is 25.6 Å². The number of ether oxygens (including phenoxy) is 1. The second kappa shape index (κ2) is 8.43. The number of nitrogens with zero attached hydrogens (tertiary/aromatic N) is 2. The zero-order chi connectivity index (χ0) is 21.9. The van der Waals surface area contributed by atoms with Gasteiger partial charge in [-0.2, -0.15) is 0 Å². The highest BCUT2D eigenvalue weighted by Crippen LogP contribution is 2.23. The first kappa shape index (κ1) is 22.1. The van der Waals surface area contributed by atoms with Crippen molar-refractivity contribution >= 4 is 23.7 Å². The summed E-state index contributed by atoms with van der Waals surface area (Å²) < 4.78 is 5.10. The highest BCUT2D eigenvalue weighted by molar-refractivity contribution is 5.91. The van der Waals surface area contributed by atoms with Gasteiger partial charge in [0, 0.05) is 18.6 Å². The largest absolute Gasteiger partial charge is 0.479 e. The van der Waals surface area contributed by atoms with E-state index in [1.54, 1.807) is 27.7 Å². The molecule has 0 radical (unpaired) electrons. The third-order valence-corrected chi connectivity index (χ3v) is 4.09. The zero-order valence-corrected chi connectivity index (χ0v) is 16.4. The van der Waals surface area contributed by atoms with Gasteiger partial charge in [-0.15, -0.1) is 0 Å². The molecule has 1 aliphatic heterocycles. The van der Waals surface area contributed by atoms with Crippen molar-refractivity contribution in [3.8, 4) is 0 Å². The summed E-state index contributed by atoms with van der Waals surface area (Å²) in [4.78, 5) is 51.1. The molecule has 11 heteroatoms. The highest BCUT2D eigenvalue weighted by Gasteiger charge is 2.48. The van der Waals surface area contributed by atoms with Crippen LogP contribution in [0.25, 0.3) is 0 Å². The van der Waals surface area contributed by atoms with Crippen LogP contribution in [0.5, 0.6) is 0 Å². The Hall–Kier alpha value is -3.21. The molecular formula is C18H23N3O8. The quantitative estimate of drug-likeness (QED) is 0.392. The smallest absolute Gasteiger partial charge is 0.408 e. The fraction of sp³-hybridized carbons (Fsp3) is 0.500. The highest BCUT2D eigenvalue weighted by atomic mass is 16.7. The van der Waals surface area contributed by atoms with E-state index in [1.165, 1.54) is 24.3 Å². The lowest BCUT2D eigenvalue weighted by Crippen LogP contribution is -2.70. The van der Waals surface area contributed by atoms with E-state index in [4.69, 9.17) is 9.57 Å². The Morgan fingerprint density at radius 3 is 2.34 bits per heavy atom. The van der Waals surface area contributed by atoms with Crippen LogP contribution in [0.3, 0.4) is 0 Å². The Kier molecular flexibility index (Phi) is 6.42. The average Bonchev–Trinajstić information content (AvgIpc) is 2.61. The van der Waals surface area contributed by atoms with Gasteiger partial charge in [-0.05, 0) is 33.3 Å². The van der Waals surface area contributed by atoms with Crippen molar-refractivity contribution in [3.63, 3.8) is 0 Å². The Balaban J connectivity index is 1.97. The lowest BCUT2D eigenvalue weighted by molar-refractivity contribution is -0.384. The molecule has 1 aromatic rings. The number of hydrogen-bond donors (Lipinski definition) is 2. The van der Waals surface area contributed by atoms with Gasteiger partial charge >= 0.3 is 12.1 Å². The molecule has 158 valence electrons. The lowest BCUT2D eigenvalue weighted by atomic mass is 10.0. The minimum atomic E-state index is -1.38. The Bertz CT molecular complexity index is 802. The Labute approximate surface area is 166 Å². The number of hydroxylamine groups is 2. The second-order valence-electron chi connectivity index (χ2n) is 7.59. The number of carbonyl (C=O) groups is 3. The number of alkyl carbamates (subject to hydrolysis) is 1. The van der Waals surface area contributed by atoms with Crippen LogP contribution >= 0.6 is 0 Å². The van der Waals surface area contributed by atoms with Crippen LogP contribution in [0.2, 0.25) is 0 Å². The van der Waals surface area contributed by atoms with Gasteiger partial charge in [0.2, 0.25) is 0 Å². The summed E-state index contributed by atoms with van der Waals surface area (Å²) >= 11 is 0. The molecule has 1 unspecified atom stereocenters. The summed E-state index contributed by atoms with van der Waals surface area (Å²) in [6.07, 6.45) is -2.25. The molecule has 2 N–H and O–H groups in total. The molecule has 2 amide bonds. The number of carboxylic acids is 1. The minimum Gasteiger partial charge on any atom is -0.479 e. The van der Waals surface area contributed by atoms with E-state index in [9.17, 15) is 29.6 Å². The number of benzene rings is 1. The standard InChI is InChI=1S/C18H23N3O8/c1-10-14(19-17(25)28-18(2,3)4)15(22)20(10)29-13(16(23)24)9-11-5-7-12(8-6-11)21(26)27/h5-8,10,13-14H,9H2,1-4H3,(H,19,25)(H,23,24)/t10-,13?,14-/m0/s1. The Morgan fingerprint density at radius 1 is 1.31 bits per heavy atom. The number of aliphatic carboxylic acids is 1. The third-order valence-electron chi connectivity index (χ3n) is 4.09. The van der Waals surface area contributed by atoms with E-state index in [-0.39, 0.29) is 12.1 Å². The van der Waals surface area contributed by atoms with Crippen molar-refractivity contribution in [2.24, 2.45) is 0 Å². The second-order valence-corrected chi connectivity index (χ2v) is 7.59. The maximum atomic E-state index is 12.3. The topological polar surface area (TPSA) is 148 Å². The van der Waals surface area contributed by atoms with Gasteiger partial charge in [-0.3, -0.25) is 19.7 Å². The van der Waals surface area contributed by atoms with Crippen LogP contribution in [0.1, 0.15) is 33.3 Å². The molecule has 1 aromatic carbocycles. The van der Waals surface area contributed by atoms with Gasteiger partial charge in [0.1, 0.15) is 11.6 Å². The van der Waals surface area contributed by atoms with Crippen molar-refractivity contribution in [1.82, 2.24) is 10.4 Å². The predicted molar refractivity (Wildman–Crippen MR) is 98.8 cm³/mol. The first-order valence-corrected chi connectivity index (χ1v) is 8.84. The van der Waals surface area contributed by atoms with Crippen molar-refractivity contribution in [3.05, 3.63) is 39.9 Å². The van der Waals surface area contributed by atoms with Gasteiger partial charge in [-0.1, -0.05) is 12.1 Å². The molecule has 0 spiro atoms. The van der Waals surface area contributed by atoms with E-state index in [2.05, 4.69) is 5.32 Å². The van der Waals surface area contributed by atoms with Gasteiger partial charge in [0.25, 0.3) is 11.6 Å². The van der Waals surface area contributed by atoms with Crippen LogP contribution in [0.4, 0.5) is 10.5 Å². The fourth-order valence-corrected chi connectivity index (χ4v) is 2.64. The summed E-state index contributed by atoms with van der Waals surface area (Å²) in [6, 6.07) is 3.86. The average molecular weight is 409 g/mol. The third kappa shape index (κ3) is 5.64. The van der Waals surface area contributed by atoms with Crippen LogP contribution in [0.15, 0.2) is 24.3 Å². The molecule has 0 bridgehead atoms. The van der Waals surface area contributed by atoms with Crippen molar-refractivity contribution in [1.29, 1.82) is 0 Å². The minimum absolute atomic E-state index is 0.103. The van der Waals surface area contributed by atoms with E-state index in [0.29, 0.717) is 5.56 Å². The summed E-state index contributed by atoms with van der Waals surface area (Å²) in [5.74, 6) is -1.90. The van der Waals surface area contributed by atoms with E-state index in [1.807, 2.05) is 0 Å². The molecule has 3 atom stereocenters. The van der Waals surface area contributed by atoms with Crippen molar-refractivity contribution in [2.45, 2.75) is 57.9 Å². The number of carbonyl (C=O) groups excluding carboxylic acids is 2. The first-order valence-electron chi connectivity index (χ1n) is 8.84. The Morgan fingerprint density at radius 2 is 1.90 bits per heavy atom. The number of nitro benzene ring substituents is 1. The molecule has 1 fully saturated rings. The first-order chi connectivity index (χ1) is 13.4. The summed E-state index contributed by atoms with van der Waals surface area (Å²) in [5, 5.41) is 23.4. The van der Waals surface area contributed by atoms with Gasteiger partial charge in [-0.25, -0.2) is 14.7 Å². The lowest BCUT2D eigenvalue weighted by Gasteiger charge is -2.44. The van der Waals surface area contributed by atoms with Crippen molar-refractivity contribution in [2.75, 3.05) is 0 Å². The molecule has 2 rings (SSSR count). The summed E-state index contributed by atoms with van der Waals surface area (Å²) in [5.41, 5.74) is -0.355. The van der Waals surface area contributed by atoms with Crippen LogP contribution in [-0.4, -0.2) is 56.9 Å². The van der Waals surface area contributed by atoms with Gasteiger partial charge < -0.3 is 15.2 Å². The number of rotatable bonds is 7. The van der Waals surface area contributed by atoms with Crippen molar-refractivity contribution < 1.29 is 34.0 Å². The number of hydrogen-bond acceptors (Lipinski definition) is 7. The normalized spacial score (nSPS) is 19.9. The van der Waals surface area contributed by atoms with Crippen LogP contribution in [0, 0.1) is 10.1 Å². The number of carboxylic acid groups (broad SMARTS) is 1. The summed E-state index contributed by atoms with van der Waals surface area (Å²) in [6.45, 7) is 6.64.